The molecule has 0 aliphatic rings. The van der Waals surface area contributed by atoms with Crippen molar-refractivity contribution in [2.75, 3.05) is 0 Å². The van der Waals surface area contributed by atoms with Gasteiger partial charge in [0.05, 0.1) is 33.6 Å². The summed E-state index contributed by atoms with van der Waals surface area (Å²) in [7, 11) is 0. The van der Waals surface area contributed by atoms with Gasteiger partial charge < -0.3 is 0 Å². The summed E-state index contributed by atoms with van der Waals surface area (Å²) in [5.74, 6) is 0.634. The molecule has 0 amide bonds. The predicted octanol–water partition coefficient (Wildman–Crippen LogP) is 12.7. The van der Waals surface area contributed by atoms with Crippen LogP contribution in [0.5, 0.6) is 0 Å². The van der Waals surface area contributed by atoms with Crippen LogP contribution in [0, 0.1) is 0 Å². The first-order valence-corrected chi connectivity index (χ1v) is 18.9. The minimum absolute atomic E-state index is 0.634. The van der Waals surface area contributed by atoms with Crippen molar-refractivity contribution >= 4 is 38.1 Å². The monoisotopic (exact) mass is 715 g/mol. The number of hydrogen-bond donors (Lipinski definition) is 0. The van der Waals surface area contributed by atoms with Crippen molar-refractivity contribution in [3.05, 3.63) is 200 Å². The Kier molecular flexibility index (Phi) is 7.42. The summed E-state index contributed by atoms with van der Waals surface area (Å²) in [6, 6.07) is 70.1. The molecule has 4 aromatic heterocycles. The molecule has 0 unspecified atom stereocenters. The molecular weight excluding hydrogens is 683 g/mol. The normalized spacial score (nSPS) is 11.6. The van der Waals surface area contributed by atoms with Gasteiger partial charge in [-0.05, 0) is 35.2 Å². The molecule has 5 nitrogen and oxygen atoms in total. The second kappa shape index (κ2) is 13.0. The highest BCUT2D eigenvalue weighted by Crippen LogP contribution is 2.41. The minimum atomic E-state index is 0.634. The Bertz CT molecular complexity index is 3170. The Hall–Kier alpha value is -7.63. The molecule has 56 heavy (non-hydrogen) atoms. The molecular formula is C51H33N5. The van der Waals surface area contributed by atoms with Crippen LogP contribution < -0.4 is 0 Å². The number of rotatable bonds is 6. The molecule has 7 aromatic carbocycles. The molecule has 11 rings (SSSR count). The van der Waals surface area contributed by atoms with Gasteiger partial charge >= 0.3 is 0 Å². The van der Waals surface area contributed by atoms with Crippen LogP contribution >= 0.6 is 0 Å². The number of pyridine rings is 1. The summed E-state index contributed by atoms with van der Waals surface area (Å²) in [6.45, 7) is 0. The maximum atomic E-state index is 5.44. The summed E-state index contributed by atoms with van der Waals surface area (Å²) < 4.78 is 4.32. The van der Waals surface area contributed by atoms with Crippen molar-refractivity contribution in [1.29, 1.82) is 0 Å². The van der Waals surface area contributed by atoms with Gasteiger partial charge in [0, 0.05) is 44.0 Å². The first-order chi connectivity index (χ1) is 27.8. The van der Waals surface area contributed by atoms with Gasteiger partial charge in [0.15, 0.2) is 0 Å². The van der Waals surface area contributed by atoms with Crippen molar-refractivity contribution < 1.29 is 0 Å². The van der Waals surface area contributed by atoms with Gasteiger partial charge in [0.25, 0.3) is 0 Å². The summed E-state index contributed by atoms with van der Waals surface area (Å²) in [4.78, 5) is 10.5. The average molecular weight is 716 g/mol. The zero-order chi connectivity index (χ0) is 37.0. The maximum Gasteiger partial charge on any atom is 0.235 e. The van der Waals surface area contributed by atoms with Crippen molar-refractivity contribution in [2.24, 2.45) is 0 Å². The molecule has 0 aliphatic heterocycles. The highest BCUT2D eigenvalue weighted by molar-refractivity contribution is 6.10. The lowest BCUT2D eigenvalue weighted by atomic mass is 9.96. The van der Waals surface area contributed by atoms with E-state index in [0.717, 1.165) is 78.1 Å². The fraction of sp³-hybridized carbons (Fsp3) is 0. The largest absolute Gasteiger partial charge is 0.278 e. The van der Waals surface area contributed by atoms with Gasteiger partial charge in [-0.15, -0.1) is 0 Å². The molecule has 0 N–H and O–H groups in total. The molecule has 262 valence electrons. The molecule has 5 heteroatoms. The Morgan fingerprint density at radius 3 is 1.48 bits per heavy atom. The summed E-state index contributed by atoms with van der Waals surface area (Å²) in [6.07, 6.45) is 0. The maximum absolute atomic E-state index is 5.44. The average Bonchev–Trinajstić information content (AvgIpc) is 3.84. The third kappa shape index (κ3) is 5.21. The standard InChI is InChI=1S/C51H33N5/c1-4-16-34(17-5-1)43-33-44(53-51(52-43)55-45-26-14-12-24-41(45)42-25-13-15-27-46(42)55)35-28-30-38(31-29-35)49-48(37-20-8-3-9-21-37)50-40-23-11-10-22-39(40)32-47(56(50)54-49)36-18-6-2-7-19-36/h1-33H. The molecule has 4 heterocycles. The Labute approximate surface area is 323 Å². The lowest BCUT2D eigenvalue weighted by molar-refractivity contribution is 0.979. The molecule has 0 bridgehead atoms. The zero-order valence-corrected chi connectivity index (χ0v) is 30.3. The Morgan fingerprint density at radius 1 is 0.375 bits per heavy atom. The third-order valence-electron chi connectivity index (χ3n) is 10.8. The van der Waals surface area contributed by atoms with Crippen LogP contribution in [0.15, 0.2) is 200 Å². The van der Waals surface area contributed by atoms with Gasteiger partial charge in [-0.3, -0.25) is 4.57 Å². The molecule has 0 spiro atoms. The number of aromatic nitrogens is 5. The zero-order valence-electron chi connectivity index (χ0n) is 30.3. The first kappa shape index (κ1) is 31.9. The molecule has 0 fully saturated rings. The van der Waals surface area contributed by atoms with E-state index in [4.69, 9.17) is 15.1 Å². The summed E-state index contributed by atoms with van der Waals surface area (Å²) in [5.41, 5.74) is 13.3. The SMILES string of the molecule is c1ccc(-c2cc(-c3ccc(-c4nn5c(-c6ccccc6)cc6ccccc6c5c4-c4ccccc4)cc3)nc(-n3c4ccccc4c4ccccc43)n2)cc1. The van der Waals surface area contributed by atoms with E-state index < -0.39 is 0 Å². The van der Waals surface area contributed by atoms with E-state index in [2.05, 4.69) is 203 Å². The van der Waals surface area contributed by atoms with Crippen LogP contribution in [0.3, 0.4) is 0 Å². The number of nitrogens with zero attached hydrogens (tertiary/aromatic N) is 5. The highest BCUT2D eigenvalue weighted by atomic mass is 15.2. The van der Waals surface area contributed by atoms with Gasteiger partial charge in [-0.2, -0.15) is 5.10 Å². The lowest BCUT2D eigenvalue weighted by Gasteiger charge is -2.12. The topological polar surface area (TPSA) is 48.0 Å². The van der Waals surface area contributed by atoms with E-state index in [1.807, 2.05) is 6.07 Å². The number of benzene rings is 7. The van der Waals surface area contributed by atoms with E-state index in [0.29, 0.717) is 5.95 Å². The van der Waals surface area contributed by atoms with Crippen LogP contribution in [-0.4, -0.2) is 24.1 Å². The molecule has 0 saturated carbocycles. The van der Waals surface area contributed by atoms with Crippen LogP contribution in [-0.2, 0) is 0 Å². The number of fused-ring (bicyclic) bond motifs is 6. The quantitative estimate of drug-likeness (QED) is 0.172. The first-order valence-electron chi connectivity index (χ1n) is 18.9. The summed E-state index contributed by atoms with van der Waals surface area (Å²) in [5, 5.41) is 10.1. The van der Waals surface area contributed by atoms with Crippen LogP contribution in [0.1, 0.15) is 0 Å². The predicted molar refractivity (Wildman–Crippen MR) is 230 cm³/mol. The van der Waals surface area contributed by atoms with Crippen LogP contribution in [0.25, 0.3) is 100 Å². The van der Waals surface area contributed by atoms with Gasteiger partial charge in [0.2, 0.25) is 5.95 Å². The van der Waals surface area contributed by atoms with Crippen LogP contribution in [0.4, 0.5) is 0 Å². The van der Waals surface area contributed by atoms with Gasteiger partial charge in [0.1, 0.15) is 5.69 Å². The molecule has 11 aromatic rings. The van der Waals surface area contributed by atoms with Crippen molar-refractivity contribution in [1.82, 2.24) is 24.1 Å². The van der Waals surface area contributed by atoms with Crippen molar-refractivity contribution in [3.8, 4) is 62.1 Å². The van der Waals surface area contributed by atoms with E-state index >= 15 is 0 Å². The van der Waals surface area contributed by atoms with E-state index in [1.165, 1.54) is 16.2 Å². The van der Waals surface area contributed by atoms with Gasteiger partial charge in [-0.1, -0.05) is 176 Å². The molecule has 0 atom stereocenters. The Balaban J connectivity index is 1.11. The van der Waals surface area contributed by atoms with Crippen molar-refractivity contribution in [2.45, 2.75) is 0 Å². The fourth-order valence-electron chi connectivity index (χ4n) is 8.16. The van der Waals surface area contributed by atoms with E-state index in [9.17, 15) is 0 Å². The second-order valence-corrected chi connectivity index (χ2v) is 14.1. The van der Waals surface area contributed by atoms with E-state index in [-0.39, 0.29) is 0 Å². The third-order valence-corrected chi connectivity index (χ3v) is 10.8. The number of hydrogen-bond acceptors (Lipinski definition) is 3. The van der Waals surface area contributed by atoms with Gasteiger partial charge in [-0.25, -0.2) is 14.5 Å². The molecule has 0 saturated heterocycles. The van der Waals surface area contributed by atoms with E-state index in [1.54, 1.807) is 0 Å². The Morgan fingerprint density at radius 2 is 0.857 bits per heavy atom. The number of para-hydroxylation sites is 2. The summed E-state index contributed by atoms with van der Waals surface area (Å²) >= 11 is 0. The highest BCUT2D eigenvalue weighted by Gasteiger charge is 2.22. The van der Waals surface area contributed by atoms with Crippen molar-refractivity contribution in [3.63, 3.8) is 0 Å². The molecule has 0 radical (unpaired) electrons. The fourth-order valence-corrected chi connectivity index (χ4v) is 8.16. The smallest absolute Gasteiger partial charge is 0.235 e. The molecule has 0 aliphatic carbocycles. The lowest BCUT2D eigenvalue weighted by Crippen LogP contribution is -2.03. The second-order valence-electron chi connectivity index (χ2n) is 14.1. The minimum Gasteiger partial charge on any atom is -0.278 e. The van der Waals surface area contributed by atoms with Crippen LogP contribution in [0.2, 0.25) is 0 Å².